The zero-order valence-electron chi connectivity index (χ0n) is 25.8. The Morgan fingerprint density at radius 3 is 1.40 bits per heavy atom. The second kappa shape index (κ2) is 10.9. The molecule has 0 saturated carbocycles. The minimum atomic E-state index is 0.518. The molecule has 2 heterocycles. The van der Waals surface area contributed by atoms with Crippen LogP contribution in [0.15, 0.2) is 158 Å². The summed E-state index contributed by atoms with van der Waals surface area (Å²) in [6.07, 6.45) is 0. The molecule has 0 fully saturated rings. The summed E-state index contributed by atoms with van der Waals surface area (Å²) in [5, 5.41) is 25.5. The molecule has 0 saturated heterocycles. The summed E-state index contributed by atoms with van der Waals surface area (Å²) >= 11 is 0. The summed E-state index contributed by atoms with van der Waals surface area (Å²) in [6, 6.07) is 58.8. The average Bonchev–Trinajstić information content (AvgIpc) is 3.67. The number of hydrogen-bond donors (Lipinski definition) is 0. The molecule has 7 aromatic carbocycles. The van der Waals surface area contributed by atoms with E-state index in [0.717, 1.165) is 66.5 Å². The molecule has 0 aliphatic rings. The van der Waals surface area contributed by atoms with E-state index in [1.54, 1.807) is 0 Å². The van der Waals surface area contributed by atoms with Gasteiger partial charge in [-0.25, -0.2) is 0 Å². The molecule has 2 aromatic heterocycles. The van der Waals surface area contributed by atoms with E-state index >= 15 is 0 Å². The summed E-state index contributed by atoms with van der Waals surface area (Å²) in [5.74, 6) is 0. The van der Waals surface area contributed by atoms with Gasteiger partial charge >= 0.3 is 0 Å². The van der Waals surface area contributed by atoms with Crippen LogP contribution in [-0.4, -0.2) is 9.13 Å². The third kappa shape index (κ3) is 4.07. The van der Waals surface area contributed by atoms with Gasteiger partial charge < -0.3 is 9.13 Å². The fourth-order valence-electron chi connectivity index (χ4n) is 7.32. The largest absolute Gasteiger partial charge is 0.309 e. The first kappa shape index (κ1) is 27.4. The van der Waals surface area contributed by atoms with Crippen LogP contribution in [0.3, 0.4) is 0 Å². The molecule has 0 radical (unpaired) electrons. The predicted molar refractivity (Wildman–Crippen MR) is 195 cm³/mol. The van der Waals surface area contributed by atoms with E-state index in [9.17, 15) is 10.5 Å². The molecule has 0 atom stereocenters. The van der Waals surface area contributed by atoms with Crippen molar-refractivity contribution in [3.63, 3.8) is 0 Å². The molecule has 9 aromatic rings. The van der Waals surface area contributed by atoms with Gasteiger partial charge in [0.1, 0.15) is 0 Å². The fourth-order valence-corrected chi connectivity index (χ4v) is 7.32. The summed E-state index contributed by atoms with van der Waals surface area (Å²) in [5.41, 5.74) is 10.9. The lowest BCUT2D eigenvalue weighted by atomic mass is 9.91. The highest BCUT2D eigenvalue weighted by molar-refractivity contribution is 6.10. The molecule has 4 heteroatoms. The Balaban J connectivity index is 1.22. The molecule has 9 rings (SSSR count). The van der Waals surface area contributed by atoms with Crippen molar-refractivity contribution in [3.05, 3.63) is 169 Å². The minimum absolute atomic E-state index is 0.518. The average molecular weight is 611 g/mol. The van der Waals surface area contributed by atoms with Crippen LogP contribution in [0, 0.1) is 22.7 Å². The molecule has 0 unspecified atom stereocenters. The normalized spacial score (nSPS) is 11.3. The van der Waals surface area contributed by atoms with Crippen LogP contribution < -0.4 is 0 Å². The van der Waals surface area contributed by atoms with E-state index in [2.05, 4.69) is 137 Å². The zero-order valence-corrected chi connectivity index (χ0v) is 25.8. The summed E-state index contributed by atoms with van der Waals surface area (Å²) in [7, 11) is 0. The van der Waals surface area contributed by atoms with Gasteiger partial charge in [-0.15, -0.1) is 0 Å². The lowest BCUT2D eigenvalue weighted by Crippen LogP contribution is -2.01. The summed E-state index contributed by atoms with van der Waals surface area (Å²) < 4.78 is 4.52. The van der Waals surface area contributed by atoms with Crippen molar-refractivity contribution in [2.24, 2.45) is 0 Å². The Morgan fingerprint density at radius 1 is 0.396 bits per heavy atom. The number of para-hydroxylation sites is 4. The SMILES string of the molecule is N#Cc1ccc(-c2ccc(-n3c4ccccc4c4ccccc43)cc2)cc1-c1c(C#N)cccc1-n1c2ccccc2c2ccccc21. The lowest BCUT2D eigenvalue weighted by molar-refractivity contribution is 1.18. The Hall–Kier alpha value is -6.88. The van der Waals surface area contributed by atoms with E-state index in [4.69, 9.17) is 0 Å². The molecule has 4 nitrogen and oxygen atoms in total. The highest BCUT2D eigenvalue weighted by Gasteiger charge is 2.20. The summed E-state index contributed by atoms with van der Waals surface area (Å²) in [6.45, 7) is 0. The number of aromatic nitrogens is 2. The zero-order chi connectivity index (χ0) is 32.2. The minimum Gasteiger partial charge on any atom is -0.309 e. The van der Waals surface area contributed by atoms with E-state index in [-0.39, 0.29) is 0 Å². The second-order valence-corrected chi connectivity index (χ2v) is 12.0. The molecule has 0 aliphatic carbocycles. The maximum atomic E-state index is 10.4. The van der Waals surface area contributed by atoms with Crippen molar-refractivity contribution >= 4 is 43.6 Å². The van der Waals surface area contributed by atoms with Crippen molar-refractivity contribution in [2.75, 3.05) is 0 Å². The number of nitrogens with zero attached hydrogens (tertiary/aromatic N) is 4. The van der Waals surface area contributed by atoms with Crippen LogP contribution in [0.4, 0.5) is 0 Å². The molecular formula is C44H26N4. The lowest BCUT2D eigenvalue weighted by Gasteiger charge is -2.17. The molecule has 0 N–H and O–H groups in total. The Labute approximate surface area is 277 Å². The van der Waals surface area contributed by atoms with Crippen LogP contribution >= 0.6 is 0 Å². The van der Waals surface area contributed by atoms with Gasteiger partial charge in [-0.3, -0.25) is 0 Å². The molecular weight excluding hydrogens is 585 g/mol. The van der Waals surface area contributed by atoms with Gasteiger partial charge in [0.25, 0.3) is 0 Å². The second-order valence-electron chi connectivity index (χ2n) is 12.0. The molecule has 0 spiro atoms. The maximum absolute atomic E-state index is 10.4. The van der Waals surface area contributed by atoms with E-state index in [1.165, 1.54) is 10.8 Å². The van der Waals surface area contributed by atoms with E-state index in [1.807, 2.05) is 42.5 Å². The smallest absolute Gasteiger partial charge is 0.0998 e. The number of nitriles is 2. The highest BCUT2D eigenvalue weighted by atomic mass is 15.0. The number of benzene rings is 7. The van der Waals surface area contributed by atoms with E-state index in [0.29, 0.717) is 11.1 Å². The van der Waals surface area contributed by atoms with Crippen LogP contribution in [0.1, 0.15) is 11.1 Å². The monoisotopic (exact) mass is 610 g/mol. The van der Waals surface area contributed by atoms with Gasteiger partial charge in [-0.05, 0) is 71.8 Å². The molecule has 48 heavy (non-hydrogen) atoms. The van der Waals surface area contributed by atoms with Crippen LogP contribution in [0.2, 0.25) is 0 Å². The number of fused-ring (bicyclic) bond motifs is 6. The van der Waals surface area contributed by atoms with Gasteiger partial charge in [0.15, 0.2) is 0 Å². The van der Waals surface area contributed by atoms with Crippen molar-refractivity contribution in [2.45, 2.75) is 0 Å². The van der Waals surface area contributed by atoms with Gasteiger partial charge in [-0.2, -0.15) is 10.5 Å². The summed E-state index contributed by atoms with van der Waals surface area (Å²) in [4.78, 5) is 0. The highest BCUT2D eigenvalue weighted by Crippen LogP contribution is 2.40. The first-order chi connectivity index (χ1) is 23.7. The predicted octanol–water partition coefficient (Wildman–Crippen LogP) is 11.0. The molecule has 0 aliphatic heterocycles. The molecule has 222 valence electrons. The van der Waals surface area contributed by atoms with Gasteiger partial charge in [-0.1, -0.05) is 97.1 Å². The van der Waals surface area contributed by atoms with Crippen LogP contribution in [0.25, 0.3) is 77.2 Å². The first-order valence-electron chi connectivity index (χ1n) is 15.9. The quantitative estimate of drug-likeness (QED) is 0.199. The molecule has 0 bridgehead atoms. The van der Waals surface area contributed by atoms with Crippen LogP contribution in [0.5, 0.6) is 0 Å². The van der Waals surface area contributed by atoms with Crippen molar-refractivity contribution in [3.8, 4) is 45.8 Å². The third-order valence-corrected chi connectivity index (χ3v) is 9.43. The Morgan fingerprint density at radius 2 is 0.875 bits per heavy atom. The fraction of sp³-hybridized carbons (Fsp3) is 0. The Kier molecular flexibility index (Phi) is 6.22. The van der Waals surface area contributed by atoms with Crippen molar-refractivity contribution < 1.29 is 0 Å². The van der Waals surface area contributed by atoms with Gasteiger partial charge in [0, 0.05) is 38.4 Å². The Bertz CT molecular complexity index is 2690. The number of rotatable bonds is 4. The number of hydrogen-bond acceptors (Lipinski definition) is 2. The standard InChI is InChI=1S/C44H26N4/c45-27-31-21-20-30(29-22-24-33(25-23-29)47-39-15-5-1-11-34(39)35-12-2-6-16-40(35)47)26-38(31)44-32(28-46)10-9-19-43(44)48-41-17-7-3-13-36(41)37-14-4-8-18-42(37)48/h1-26H. The molecule has 0 amide bonds. The first-order valence-corrected chi connectivity index (χ1v) is 15.9. The van der Waals surface area contributed by atoms with Crippen molar-refractivity contribution in [1.82, 2.24) is 9.13 Å². The topological polar surface area (TPSA) is 57.4 Å². The van der Waals surface area contributed by atoms with Crippen LogP contribution in [-0.2, 0) is 0 Å². The van der Waals surface area contributed by atoms with E-state index < -0.39 is 0 Å². The van der Waals surface area contributed by atoms with Gasteiger partial charge in [0.2, 0.25) is 0 Å². The van der Waals surface area contributed by atoms with Crippen molar-refractivity contribution in [1.29, 1.82) is 10.5 Å². The maximum Gasteiger partial charge on any atom is 0.0998 e. The van der Waals surface area contributed by atoms with Gasteiger partial charge in [0.05, 0.1) is 51.0 Å². The third-order valence-electron chi connectivity index (χ3n) is 9.43.